The van der Waals surface area contributed by atoms with E-state index in [0.29, 0.717) is 18.0 Å². The second-order valence-electron chi connectivity index (χ2n) is 3.62. The van der Waals surface area contributed by atoms with Crippen molar-refractivity contribution in [2.45, 2.75) is 11.1 Å². The van der Waals surface area contributed by atoms with Crippen LogP contribution >= 0.6 is 27.3 Å². The molecule has 2 rings (SSSR count). The number of benzene rings is 1. The van der Waals surface area contributed by atoms with Crippen LogP contribution in [0.25, 0.3) is 0 Å². The van der Waals surface area contributed by atoms with E-state index in [9.17, 15) is 8.42 Å². The summed E-state index contributed by atoms with van der Waals surface area (Å²) < 4.78 is 33.1. The molecule has 0 fully saturated rings. The Bertz CT molecular complexity index is 667. The van der Waals surface area contributed by atoms with Gasteiger partial charge in [-0.3, -0.25) is 4.72 Å². The van der Waals surface area contributed by atoms with Crippen molar-refractivity contribution in [3.05, 3.63) is 40.2 Å². The fraction of sp³-hybridized carbons (Fsp3) is 0.167. The lowest BCUT2D eigenvalue weighted by Crippen LogP contribution is -2.11. The minimum absolute atomic E-state index is 0.265. The molecule has 0 saturated heterocycles. The summed E-state index contributed by atoms with van der Waals surface area (Å²) in [5, 5.41) is 0. The number of sulfonamides is 1. The molecule has 1 aromatic heterocycles. The molecule has 7 heteroatoms. The normalized spacial score (nSPS) is 11.3. The van der Waals surface area contributed by atoms with Gasteiger partial charge in [0.05, 0.1) is 16.1 Å². The monoisotopic (exact) mass is 361 g/mol. The molecule has 1 aromatic carbocycles. The van der Waals surface area contributed by atoms with Gasteiger partial charge in [-0.15, -0.1) is 11.3 Å². The standard InChI is InChI=1S/C12H12BrNO3S2/c1-2-17-10-5-3-4-9(8-10)14-19(15,16)12-7-6-11(13)18-12/h3-8,14H,2H2,1H3. The Morgan fingerprint density at radius 1 is 1.32 bits per heavy atom. The molecule has 1 N–H and O–H groups in total. The molecule has 1 heterocycles. The van der Waals surface area contributed by atoms with Gasteiger partial charge >= 0.3 is 0 Å². The lowest BCUT2D eigenvalue weighted by molar-refractivity contribution is 0.340. The van der Waals surface area contributed by atoms with Gasteiger partial charge in [-0.05, 0) is 47.1 Å². The van der Waals surface area contributed by atoms with Crippen LogP contribution in [0.1, 0.15) is 6.92 Å². The Balaban J connectivity index is 2.23. The largest absolute Gasteiger partial charge is 0.494 e. The first kappa shape index (κ1) is 14.4. The van der Waals surface area contributed by atoms with Crippen molar-refractivity contribution in [1.82, 2.24) is 0 Å². The second-order valence-corrected chi connectivity index (χ2v) is 8.00. The second kappa shape index (κ2) is 5.94. The SMILES string of the molecule is CCOc1cccc(NS(=O)(=O)c2ccc(Br)s2)c1. The van der Waals surface area contributed by atoms with Crippen molar-refractivity contribution in [2.75, 3.05) is 11.3 Å². The first-order valence-electron chi connectivity index (χ1n) is 5.52. The molecule has 19 heavy (non-hydrogen) atoms. The number of hydrogen-bond acceptors (Lipinski definition) is 4. The average molecular weight is 362 g/mol. The molecule has 4 nitrogen and oxygen atoms in total. The number of rotatable bonds is 5. The third kappa shape index (κ3) is 3.71. The van der Waals surface area contributed by atoms with Crippen molar-refractivity contribution >= 4 is 43.0 Å². The fourth-order valence-corrected chi connectivity index (χ4v) is 4.52. The minimum Gasteiger partial charge on any atom is -0.494 e. The molecule has 0 unspecified atom stereocenters. The van der Waals surface area contributed by atoms with E-state index in [-0.39, 0.29) is 4.21 Å². The fourth-order valence-electron chi connectivity index (χ4n) is 1.46. The summed E-state index contributed by atoms with van der Waals surface area (Å²) in [6.07, 6.45) is 0. The first-order valence-corrected chi connectivity index (χ1v) is 8.61. The van der Waals surface area contributed by atoms with E-state index in [0.717, 1.165) is 15.1 Å². The third-order valence-electron chi connectivity index (χ3n) is 2.21. The predicted octanol–water partition coefficient (Wildman–Crippen LogP) is 3.71. The van der Waals surface area contributed by atoms with E-state index in [1.54, 1.807) is 36.4 Å². The first-order chi connectivity index (χ1) is 9.01. The summed E-state index contributed by atoms with van der Waals surface area (Å²) >= 11 is 4.41. The van der Waals surface area contributed by atoms with Gasteiger partial charge in [0.1, 0.15) is 9.96 Å². The van der Waals surface area contributed by atoms with E-state index in [1.165, 1.54) is 0 Å². The Hall–Kier alpha value is -1.05. The minimum atomic E-state index is -3.54. The molecule has 2 aromatic rings. The van der Waals surface area contributed by atoms with E-state index in [2.05, 4.69) is 20.7 Å². The maximum Gasteiger partial charge on any atom is 0.271 e. The number of thiophene rings is 1. The molecule has 0 bridgehead atoms. The molecule has 0 aliphatic carbocycles. The molecule has 0 atom stereocenters. The highest BCUT2D eigenvalue weighted by Crippen LogP contribution is 2.28. The molecule has 0 radical (unpaired) electrons. The van der Waals surface area contributed by atoms with Crippen molar-refractivity contribution < 1.29 is 13.2 Å². The topological polar surface area (TPSA) is 55.4 Å². The van der Waals surface area contributed by atoms with E-state index >= 15 is 0 Å². The molecule has 0 aliphatic heterocycles. The van der Waals surface area contributed by atoms with Gasteiger partial charge in [-0.2, -0.15) is 0 Å². The number of halogens is 1. The van der Waals surface area contributed by atoms with Crippen molar-refractivity contribution in [1.29, 1.82) is 0 Å². The van der Waals surface area contributed by atoms with Crippen LogP contribution in [0.5, 0.6) is 5.75 Å². The van der Waals surface area contributed by atoms with Gasteiger partial charge in [0.2, 0.25) is 0 Å². The maximum absolute atomic E-state index is 12.1. The summed E-state index contributed by atoms with van der Waals surface area (Å²) in [5.74, 6) is 0.634. The van der Waals surface area contributed by atoms with Crippen LogP contribution in [0.3, 0.4) is 0 Å². The van der Waals surface area contributed by atoms with Crippen molar-refractivity contribution in [3.63, 3.8) is 0 Å². The molecule has 0 spiro atoms. The quantitative estimate of drug-likeness (QED) is 0.882. The lowest BCUT2D eigenvalue weighted by Gasteiger charge is -2.08. The Morgan fingerprint density at radius 3 is 2.74 bits per heavy atom. The predicted molar refractivity (Wildman–Crippen MR) is 80.4 cm³/mol. The Morgan fingerprint density at radius 2 is 2.11 bits per heavy atom. The highest BCUT2D eigenvalue weighted by atomic mass is 79.9. The molecular weight excluding hydrogens is 350 g/mol. The highest BCUT2D eigenvalue weighted by Gasteiger charge is 2.16. The van der Waals surface area contributed by atoms with Gasteiger partial charge in [0.15, 0.2) is 0 Å². The lowest BCUT2D eigenvalue weighted by atomic mass is 10.3. The zero-order valence-corrected chi connectivity index (χ0v) is 13.3. The Labute approximate surface area is 124 Å². The highest BCUT2D eigenvalue weighted by molar-refractivity contribution is 9.11. The van der Waals surface area contributed by atoms with Crippen molar-refractivity contribution in [2.24, 2.45) is 0 Å². The number of nitrogens with one attached hydrogen (secondary N) is 1. The summed E-state index contributed by atoms with van der Waals surface area (Å²) in [4.78, 5) is 0. The summed E-state index contributed by atoms with van der Waals surface area (Å²) in [5.41, 5.74) is 0.482. The molecule has 0 aliphatic rings. The van der Waals surface area contributed by atoms with Crippen LogP contribution in [-0.2, 0) is 10.0 Å². The zero-order chi connectivity index (χ0) is 13.9. The number of hydrogen-bond donors (Lipinski definition) is 1. The van der Waals surface area contributed by atoms with Crippen LogP contribution in [0.15, 0.2) is 44.4 Å². The summed E-state index contributed by atoms with van der Waals surface area (Å²) in [6.45, 7) is 2.41. The zero-order valence-electron chi connectivity index (χ0n) is 10.1. The Kier molecular flexibility index (Phi) is 4.49. The van der Waals surface area contributed by atoms with Gasteiger partial charge < -0.3 is 4.74 Å². The van der Waals surface area contributed by atoms with Crippen LogP contribution < -0.4 is 9.46 Å². The van der Waals surface area contributed by atoms with Crippen LogP contribution in [-0.4, -0.2) is 15.0 Å². The third-order valence-corrected chi connectivity index (χ3v) is 5.71. The van der Waals surface area contributed by atoms with E-state index in [1.807, 2.05) is 6.92 Å². The van der Waals surface area contributed by atoms with Crippen LogP contribution in [0.2, 0.25) is 0 Å². The molecule has 0 saturated carbocycles. The molecule has 102 valence electrons. The van der Waals surface area contributed by atoms with Gasteiger partial charge in [0.25, 0.3) is 10.0 Å². The molecule has 0 amide bonds. The maximum atomic E-state index is 12.1. The van der Waals surface area contributed by atoms with Crippen LogP contribution in [0, 0.1) is 0 Å². The smallest absolute Gasteiger partial charge is 0.271 e. The van der Waals surface area contributed by atoms with E-state index in [4.69, 9.17) is 4.74 Å². The van der Waals surface area contributed by atoms with Gasteiger partial charge in [-0.1, -0.05) is 6.07 Å². The molecular formula is C12H12BrNO3S2. The van der Waals surface area contributed by atoms with Crippen molar-refractivity contribution in [3.8, 4) is 5.75 Å². The van der Waals surface area contributed by atoms with E-state index < -0.39 is 10.0 Å². The number of anilines is 1. The van der Waals surface area contributed by atoms with Gasteiger partial charge in [-0.25, -0.2) is 8.42 Å². The summed E-state index contributed by atoms with van der Waals surface area (Å²) in [7, 11) is -3.54. The van der Waals surface area contributed by atoms with Crippen LogP contribution in [0.4, 0.5) is 5.69 Å². The summed E-state index contributed by atoms with van der Waals surface area (Å²) in [6, 6.07) is 10.1. The van der Waals surface area contributed by atoms with Gasteiger partial charge in [0, 0.05) is 6.07 Å². The number of ether oxygens (including phenoxy) is 1. The average Bonchev–Trinajstić information content (AvgIpc) is 2.77.